The van der Waals surface area contributed by atoms with Crippen molar-refractivity contribution in [3.8, 4) is 16.9 Å². The highest BCUT2D eigenvalue weighted by Gasteiger charge is 2.38. The van der Waals surface area contributed by atoms with Gasteiger partial charge in [-0.15, -0.1) is 0 Å². The summed E-state index contributed by atoms with van der Waals surface area (Å²) < 4.78 is 20.3. The van der Waals surface area contributed by atoms with Crippen molar-refractivity contribution in [3.05, 3.63) is 86.8 Å². The van der Waals surface area contributed by atoms with Crippen LogP contribution in [0.1, 0.15) is 52.2 Å². The molecular weight excluding hydrogens is 568 g/mol. The van der Waals surface area contributed by atoms with Crippen molar-refractivity contribution in [2.45, 2.75) is 44.8 Å². The van der Waals surface area contributed by atoms with Crippen molar-refractivity contribution in [2.24, 2.45) is 0 Å². The molecule has 2 amide bonds. The number of hydrogen-bond acceptors (Lipinski definition) is 4. The minimum Gasteiger partial charge on any atom is -0.490 e. The van der Waals surface area contributed by atoms with Gasteiger partial charge in [0.1, 0.15) is 11.6 Å². The van der Waals surface area contributed by atoms with Gasteiger partial charge in [0, 0.05) is 30.1 Å². The van der Waals surface area contributed by atoms with E-state index in [9.17, 15) is 19.1 Å². The van der Waals surface area contributed by atoms with Crippen LogP contribution in [0.15, 0.2) is 48.5 Å². The Morgan fingerprint density at radius 1 is 1.05 bits per heavy atom. The van der Waals surface area contributed by atoms with Gasteiger partial charge in [-0.05, 0) is 79.8 Å². The lowest BCUT2D eigenvalue weighted by Crippen LogP contribution is -2.54. The molecule has 0 bridgehead atoms. The topological polar surface area (TPSA) is 103 Å². The number of H-pyrrole nitrogens is 1. The maximum Gasteiger partial charge on any atom is 0.255 e. The number of fused-ring (bicyclic) bond motifs is 3. The highest BCUT2D eigenvalue weighted by molar-refractivity contribution is 6.34. The number of amides is 2. The van der Waals surface area contributed by atoms with Crippen LogP contribution in [0, 0.1) is 5.82 Å². The summed E-state index contributed by atoms with van der Waals surface area (Å²) >= 11 is 12.4. The Hall–Kier alpha value is -3.59. The van der Waals surface area contributed by atoms with Gasteiger partial charge >= 0.3 is 0 Å². The van der Waals surface area contributed by atoms with Crippen LogP contribution in [-0.4, -0.2) is 47.2 Å². The summed E-state index contributed by atoms with van der Waals surface area (Å²) in [6.45, 7) is 3.43. The van der Waals surface area contributed by atoms with Crippen LogP contribution in [0.2, 0.25) is 10.0 Å². The number of aliphatic hydroxyl groups is 1. The van der Waals surface area contributed by atoms with E-state index >= 15 is 0 Å². The fraction of sp³-hybridized carbons (Fsp3) is 0.290. The van der Waals surface area contributed by atoms with E-state index in [0.717, 1.165) is 11.3 Å². The molecule has 1 aliphatic carbocycles. The molecule has 1 unspecified atom stereocenters. The second-order valence-electron chi connectivity index (χ2n) is 10.6. The van der Waals surface area contributed by atoms with Crippen molar-refractivity contribution in [3.63, 3.8) is 0 Å². The molecule has 1 aliphatic rings. The number of carbonyl (C=O) groups excluding carboxylic acids is 2. The van der Waals surface area contributed by atoms with Gasteiger partial charge in [-0.1, -0.05) is 35.3 Å². The number of aliphatic hydroxyl groups excluding tert-OH is 1. The molecule has 4 aromatic rings. The monoisotopic (exact) mass is 597 g/mol. The molecule has 5 rings (SSSR count). The largest absolute Gasteiger partial charge is 0.490 e. The van der Waals surface area contributed by atoms with Crippen LogP contribution in [0.4, 0.5) is 4.39 Å². The van der Waals surface area contributed by atoms with E-state index in [-0.39, 0.29) is 34.2 Å². The molecule has 0 saturated heterocycles. The Morgan fingerprint density at radius 2 is 1.78 bits per heavy atom. The number of halogens is 3. The summed E-state index contributed by atoms with van der Waals surface area (Å²) in [6, 6.07) is 13.3. The molecule has 4 N–H and O–H groups in total. The summed E-state index contributed by atoms with van der Waals surface area (Å²) in [5, 5.41) is 17.2. The van der Waals surface area contributed by atoms with Crippen molar-refractivity contribution < 1.29 is 23.8 Å². The molecule has 0 spiro atoms. The highest BCUT2D eigenvalue weighted by atomic mass is 35.5. The van der Waals surface area contributed by atoms with Gasteiger partial charge < -0.3 is 25.5 Å². The molecule has 10 heteroatoms. The van der Waals surface area contributed by atoms with Gasteiger partial charge in [0.15, 0.2) is 0 Å². The third-order valence-electron chi connectivity index (χ3n) is 7.45. The molecule has 1 heterocycles. The standard InChI is InChI=1S/C31H30Cl2FN3O4/c1-16(2)41-28-7-5-17(18-4-6-19(23(32)11-18)29(39)35-3)10-21(28)30(40)37-31(15-38)9-8-26-22(14-31)20-12-25(34)24(33)13-27(20)36-26/h4-7,10-13,16,36,38H,8-9,14-15H2,1-3H3,(H,35,39)(H,37,40). The molecule has 0 fully saturated rings. The van der Waals surface area contributed by atoms with Gasteiger partial charge in [0.25, 0.3) is 11.8 Å². The number of aryl methyl sites for hydroxylation is 1. The third kappa shape index (κ3) is 5.64. The van der Waals surface area contributed by atoms with Crippen molar-refractivity contribution in [2.75, 3.05) is 13.7 Å². The average molecular weight is 599 g/mol. The summed E-state index contributed by atoms with van der Waals surface area (Å²) in [5.41, 5.74) is 3.56. The van der Waals surface area contributed by atoms with Gasteiger partial charge in [-0.3, -0.25) is 9.59 Å². The first kappa shape index (κ1) is 28.9. The summed E-state index contributed by atoms with van der Waals surface area (Å²) in [7, 11) is 1.53. The maximum atomic E-state index is 14.3. The predicted octanol–water partition coefficient (Wildman–Crippen LogP) is 6.08. The number of benzene rings is 3. The molecule has 7 nitrogen and oxygen atoms in total. The van der Waals surface area contributed by atoms with Crippen molar-refractivity contribution >= 4 is 45.9 Å². The quantitative estimate of drug-likeness (QED) is 0.207. The number of ether oxygens (including phenoxy) is 1. The fourth-order valence-corrected chi connectivity index (χ4v) is 5.78. The normalized spacial score (nSPS) is 16.5. The Kier molecular flexibility index (Phi) is 8.01. The zero-order valence-electron chi connectivity index (χ0n) is 22.8. The first-order chi connectivity index (χ1) is 19.5. The van der Waals surface area contributed by atoms with Gasteiger partial charge in [-0.25, -0.2) is 4.39 Å². The second-order valence-corrected chi connectivity index (χ2v) is 11.4. The minimum absolute atomic E-state index is 0.0277. The Bertz CT molecular complexity index is 1670. The average Bonchev–Trinajstić information content (AvgIpc) is 3.28. The molecule has 41 heavy (non-hydrogen) atoms. The van der Waals surface area contributed by atoms with Crippen LogP contribution < -0.4 is 15.4 Å². The lowest BCUT2D eigenvalue weighted by molar-refractivity contribution is 0.0802. The molecule has 1 aromatic heterocycles. The molecule has 3 aromatic carbocycles. The molecule has 0 aliphatic heterocycles. The second kappa shape index (κ2) is 11.4. The van der Waals surface area contributed by atoms with E-state index in [1.54, 1.807) is 36.4 Å². The predicted molar refractivity (Wildman–Crippen MR) is 159 cm³/mol. The van der Waals surface area contributed by atoms with E-state index in [1.165, 1.54) is 13.1 Å². The van der Waals surface area contributed by atoms with Crippen molar-refractivity contribution in [1.82, 2.24) is 15.6 Å². The molecule has 1 atom stereocenters. The molecule has 0 radical (unpaired) electrons. The molecular formula is C31H30Cl2FN3O4. The fourth-order valence-electron chi connectivity index (χ4n) is 5.35. The van der Waals surface area contributed by atoms with Crippen LogP contribution in [0.25, 0.3) is 22.0 Å². The van der Waals surface area contributed by atoms with E-state index < -0.39 is 17.3 Å². The van der Waals surface area contributed by atoms with Crippen LogP contribution in [0.5, 0.6) is 5.75 Å². The zero-order valence-corrected chi connectivity index (χ0v) is 24.3. The number of aromatic amines is 1. The van der Waals surface area contributed by atoms with Crippen LogP contribution in [0.3, 0.4) is 0 Å². The van der Waals surface area contributed by atoms with Gasteiger partial charge in [0.2, 0.25) is 0 Å². The van der Waals surface area contributed by atoms with Crippen LogP contribution in [-0.2, 0) is 12.8 Å². The minimum atomic E-state index is -0.973. The zero-order chi connectivity index (χ0) is 29.5. The first-order valence-electron chi connectivity index (χ1n) is 13.3. The Balaban J connectivity index is 1.49. The maximum absolute atomic E-state index is 14.3. The SMILES string of the molecule is CNC(=O)c1ccc(-c2ccc(OC(C)C)c(C(=O)NC3(CO)CCc4[nH]c5cc(Cl)c(F)cc5c4C3)c2)cc1Cl. The summed E-state index contributed by atoms with van der Waals surface area (Å²) in [4.78, 5) is 29.2. The molecule has 214 valence electrons. The van der Waals surface area contributed by atoms with Crippen molar-refractivity contribution in [1.29, 1.82) is 0 Å². The molecule has 0 saturated carbocycles. The van der Waals surface area contributed by atoms with E-state index in [2.05, 4.69) is 15.6 Å². The van der Waals surface area contributed by atoms with E-state index in [1.807, 2.05) is 19.9 Å². The summed E-state index contributed by atoms with van der Waals surface area (Å²) in [5.74, 6) is -0.848. The van der Waals surface area contributed by atoms with E-state index in [0.29, 0.717) is 52.6 Å². The first-order valence-corrected chi connectivity index (χ1v) is 14.0. The lowest BCUT2D eigenvalue weighted by atomic mass is 9.80. The lowest BCUT2D eigenvalue weighted by Gasteiger charge is -2.37. The summed E-state index contributed by atoms with van der Waals surface area (Å²) in [6.07, 6.45) is 1.14. The van der Waals surface area contributed by atoms with Gasteiger partial charge in [0.05, 0.1) is 39.4 Å². The highest BCUT2D eigenvalue weighted by Crippen LogP contribution is 2.37. The van der Waals surface area contributed by atoms with E-state index in [4.69, 9.17) is 27.9 Å². The van der Waals surface area contributed by atoms with Crippen LogP contribution >= 0.6 is 23.2 Å². The smallest absolute Gasteiger partial charge is 0.255 e. The number of nitrogens with one attached hydrogen (secondary N) is 3. The third-order valence-corrected chi connectivity index (χ3v) is 8.05. The number of hydrogen-bond donors (Lipinski definition) is 4. The number of carbonyl (C=O) groups is 2. The number of rotatable bonds is 7. The Labute approximate surface area is 247 Å². The Morgan fingerprint density at radius 3 is 2.46 bits per heavy atom. The number of aromatic nitrogens is 1. The van der Waals surface area contributed by atoms with Gasteiger partial charge in [-0.2, -0.15) is 0 Å².